The Morgan fingerprint density at radius 1 is 1.11 bits per heavy atom. The second-order valence-corrected chi connectivity index (χ2v) is 4.84. The minimum atomic E-state index is -0.0970. The van der Waals surface area contributed by atoms with E-state index in [1.165, 1.54) is 29.4 Å². The molecule has 1 aliphatic carbocycles. The lowest BCUT2D eigenvalue weighted by molar-refractivity contribution is -0.114. The van der Waals surface area contributed by atoms with Crippen LogP contribution in [0.4, 0.5) is 0 Å². The Morgan fingerprint density at radius 2 is 1.83 bits per heavy atom. The van der Waals surface area contributed by atoms with Gasteiger partial charge in [-0.05, 0) is 58.3 Å². The number of hydrogen-bond donors (Lipinski definition) is 0. The van der Waals surface area contributed by atoms with E-state index in [9.17, 15) is 9.59 Å². The van der Waals surface area contributed by atoms with Crippen LogP contribution in [-0.4, -0.2) is 11.6 Å². The van der Waals surface area contributed by atoms with Crippen molar-refractivity contribution in [2.75, 3.05) is 0 Å². The molecular formula is C16H20O2. The van der Waals surface area contributed by atoms with E-state index >= 15 is 0 Å². The first-order valence-electron chi connectivity index (χ1n) is 6.25. The third-order valence-corrected chi connectivity index (χ3v) is 2.79. The van der Waals surface area contributed by atoms with Crippen molar-refractivity contribution in [3.63, 3.8) is 0 Å². The zero-order chi connectivity index (χ0) is 13.5. The van der Waals surface area contributed by atoms with E-state index in [0.717, 1.165) is 12.8 Å². The van der Waals surface area contributed by atoms with Crippen LogP contribution in [0.15, 0.2) is 47.1 Å². The summed E-state index contributed by atoms with van der Waals surface area (Å²) in [6.07, 6.45) is 10.9. The summed E-state index contributed by atoms with van der Waals surface area (Å²) in [6.45, 7) is 6.23. The van der Waals surface area contributed by atoms with E-state index in [4.69, 9.17) is 0 Å². The van der Waals surface area contributed by atoms with E-state index in [1.54, 1.807) is 0 Å². The van der Waals surface area contributed by atoms with Crippen LogP contribution in [-0.2, 0) is 9.59 Å². The highest BCUT2D eigenvalue weighted by Crippen LogP contribution is 2.14. The van der Waals surface area contributed by atoms with Crippen LogP contribution in [0.1, 0.15) is 40.0 Å². The van der Waals surface area contributed by atoms with Crippen molar-refractivity contribution in [2.45, 2.75) is 40.0 Å². The summed E-state index contributed by atoms with van der Waals surface area (Å²) >= 11 is 0. The molecule has 0 saturated heterocycles. The minimum Gasteiger partial charge on any atom is -0.290 e. The largest absolute Gasteiger partial charge is 0.290 e. The lowest BCUT2D eigenvalue weighted by atomic mass is 9.99. The van der Waals surface area contributed by atoms with Crippen molar-refractivity contribution in [2.24, 2.45) is 0 Å². The molecule has 0 unspecified atom stereocenters. The third-order valence-electron chi connectivity index (χ3n) is 2.79. The first-order valence-corrected chi connectivity index (χ1v) is 6.25. The van der Waals surface area contributed by atoms with Gasteiger partial charge in [0.1, 0.15) is 0 Å². The summed E-state index contributed by atoms with van der Waals surface area (Å²) < 4.78 is 0. The zero-order valence-corrected chi connectivity index (χ0v) is 11.3. The summed E-state index contributed by atoms with van der Waals surface area (Å²) in [7, 11) is 0. The van der Waals surface area contributed by atoms with Crippen molar-refractivity contribution >= 4 is 11.6 Å². The molecule has 0 aromatic carbocycles. The molecular weight excluding hydrogens is 224 g/mol. The van der Waals surface area contributed by atoms with Crippen LogP contribution in [0.25, 0.3) is 0 Å². The van der Waals surface area contributed by atoms with Gasteiger partial charge in [-0.25, -0.2) is 0 Å². The van der Waals surface area contributed by atoms with E-state index < -0.39 is 0 Å². The van der Waals surface area contributed by atoms with Crippen LogP contribution in [0.5, 0.6) is 0 Å². The second-order valence-electron chi connectivity index (χ2n) is 4.84. The molecule has 0 radical (unpaired) electrons. The van der Waals surface area contributed by atoms with Gasteiger partial charge < -0.3 is 0 Å². The topological polar surface area (TPSA) is 34.1 Å². The molecule has 0 spiro atoms. The van der Waals surface area contributed by atoms with E-state index in [0.29, 0.717) is 12.0 Å². The Hall–Kier alpha value is -1.70. The molecule has 1 aliphatic rings. The second kappa shape index (κ2) is 6.90. The molecule has 2 heteroatoms. The fourth-order valence-electron chi connectivity index (χ4n) is 1.69. The number of ketones is 2. The molecule has 0 aliphatic heterocycles. The Kier molecular flexibility index (Phi) is 5.50. The third kappa shape index (κ3) is 5.09. The highest BCUT2D eigenvalue weighted by Gasteiger charge is 2.11. The quantitative estimate of drug-likeness (QED) is 0.546. The summed E-state index contributed by atoms with van der Waals surface area (Å²) in [5.74, 6) is -0.150. The molecule has 0 bridgehead atoms. The van der Waals surface area contributed by atoms with Gasteiger partial charge in [-0.15, -0.1) is 0 Å². The molecule has 1 rings (SSSR count). The van der Waals surface area contributed by atoms with Gasteiger partial charge in [0.15, 0.2) is 11.6 Å². The summed E-state index contributed by atoms with van der Waals surface area (Å²) in [5.41, 5.74) is 3.16. The van der Waals surface area contributed by atoms with Crippen molar-refractivity contribution in [1.82, 2.24) is 0 Å². The van der Waals surface area contributed by atoms with E-state index in [1.807, 2.05) is 6.08 Å². The molecule has 0 aromatic heterocycles. The maximum absolute atomic E-state index is 11.5. The van der Waals surface area contributed by atoms with Crippen LogP contribution in [0, 0.1) is 0 Å². The van der Waals surface area contributed by atoms with Crippen LogP contribution in [0.3, 0.4) is 0 Å². The van der Waals surface area contributed by atoms with Gasteiger partial charge >= 0.3 is 0 Å². The SMILES string of the molecule is CC(C)=CCCC(C)=CCC1=CC(=O)C=CC1=O. The first-order chi connectivity index (χ1) is 8.49. The Balaban J connectivity index is 2.50. The molecule has 96 valence electrons. The molecule has 0 N–H and O–H groups in total. The standard InChI is InChI=1S/C16H20O2/c1-12(2)5-4-6-13(3)7-8-14-11-15(17)9-10-16(14)18/h5,7,9-11H,4,6,8H2,1-3H3. The van der Waals surface area contributed by atoms with E-state index in [-0.39, 0.29) is 11.6 Å². The van der Waals surface area contributed by atoms with Gasteiger partial charge in [-0.1, -0.05) is 23.3 Å². The lowest BCUT2D eigenvalue weighted by Crippen LogP contribution is -2.06. The van der Waals surface area contributed by atoms with Crippen LogP contribution < -0.4 is 0 Å². The fraction of sp³-hybridized carbons (Fsp3) is 0.375. The first kappa shape index (κ1) is 14.4. The van der Waals surface area contributed by atoms with Gasteiger partial charge in [0.2, 0.25) is 0 Å². The summed E-state index contributed by atoms with van der Waals surface area (Å²) in [6, 6.07) is 0. The normalized spacial score (nSPS) is 15.7. The van der Waals surface area contributed by atoms with Crippen molar-refractivity contribution in [1.29, 1.82) is 0 Å². The van der Waals surface area contributed by atoms with Gasteiger partial charge in [0.05, 0.1) is 0 Å². The number of rotatable bonds is 5. The molecule has 0 aromatic rings. The van der Waals surface area contributed by atoms with Gasteiger partial charge in [0.25, 0.3) is 0 Å². The summed E-state index contributed by atoms with van der Waals surface area (Å²) in [4.78, 5) is 22.7. The minimum absolute atomic E-state index is 0.0528. The highest BCUT2D eigenvalue weighted by atomic mass is 16.1. The molecule has 0 amide bonds. The molecule has 0 saturated carbocycles. The average Bonchev–Trinajstić information content (AvgIpc) is 2.30. The Labute approximate surface area is 109 Å². The number of allylic oxidation sites excluding steroid dienone is 8. The molecule has 0 heterocycles. The smallest absolute Gasteiger partial charge is 0.182 e. The zero-order valence-electron chi connectivity index (χ0n) is 11.3. The highest BCUT2D eigenvalue weighted by molar-refractivity contribution is 6.17. The molecule has 0 fully saturated rings. The number of hydrogen-bond acceptors (Lipinski definition) is 2. The van der Waals surface area contributed by atoms with Crippen molar-refractivity contribution in [3.8, 4) is 0 Å². The maximum atomic E-state index is 11.5. The molecule has 18 heavy (non-hydrogen) atoms. The molecule has 2 nitrogen and oxygen atoms in total. The Bertz CT molecular complexity index is 455. The van der Waals surface area contributed by atoms with Gasteiger partial charge in [0, 0.05) is 5.57 Å². The van der Waals surface area contributed by atoms with Crippen molar-refractivity contribution < 1.29 is 9.59 Å². The monoisotopic (exact) mass is 244 g/mol. The van der Waals surface area contributed by atoms with Gasteiger partial charge in [-0.2, -0.15) is 0 Å². The lowest BCUT2D eigenvalue weighted by Gasteiger charge is -2.05. The number of carbonyl (C=O) groups is 2. The van der Waals surface area contributed by atoms with Crippen molar-refractivity contribution in [3.05, 3.63) is 47.1 Å². The van der Waals surface area contributed by atoms with Gasteiger partial charge in [-0.3, -0.25) is 9.59 Å². The average molecular weight is 244 g/mol. The number of carbonyl (C=O) groups excluding carboxylic acids is 2. The predicted molar refractivity (Wildman–Crippen MR) is 74.3 cm³/mol. The van der Waals surface area contributed by atoms with E-state index in [2.05, 4.69) is 26.8 Å². The van der Waals surface area contributed by atoms with Crippen LogP contribution in [0.2, 0.25) is 0 Å². The molecule has 0 atom stereocenters. The Morgan fingerprint density at radius 3 is 2.50 bits per heavy atom. The van der Waals surface area contributed by atoms with Crippen LogP contribution >= 0.6 is 0 Å². The fourth-order valence-corrected chi connectivity index (χ4v) is 1.69. The predicted octanol–water partition coefficient (Wildman–Crippen LogP) is 3.70. The summed E-state index contributed by atoms with van der Waals surface area (Å²) in [5, 5.41) is 0. The maximum Gasteiger partial charge on any atom is 0.182 e.